The molecule has 3 aromatic rings. The van der Waals surface area contributed by atoms with Gasteiger partial charge in [-0.15, -0.1) is 0 Å². The van der Waals surface area contributed by atoms with Crippen LogP contribution in [0.25, 0.3) is 5.69 Å². The molecular formula is C22H17ClFN3O4. The van der Waals surface area contributed by atoms with Gasteiger partial charge in [-0.25, -0.2) is 13.8 Å². The molecule has 0 amide bonds. The summed E-state index contributed by atoms with van der Waals surface area (Å²) in [5.74, 6) is -2.69. The van der Waals surface area contributed by atoms with Crippen molar-refractivity contribution >= 4 is 29.3 Å². The third-order valence-corrected chi connectivity index (χ3v) is 5.47. The van der Waals surface area contributed by atoms with Crippen molar-refractivity contribution < 1.29 is 28.8 Å². The number of rotatable bonds is 5. The molecule has 9 heteroatoms. The number of halogens is 2. The number of carboxylic acid groups (broad SMARTS) is 2. The molecule has 158 valence electrons. The molecular weight excluding hydrogens is 425 g/mol. The quantitative estimate of drug-likeness (QED) is 0.612. The Morgan fingerprint density at radius 3 is 2.71 bits per heavy atom. The van der Waals surface area contributed by atoms with Crippen LogP contribution in [0.4, 0.5) is 4.39 Å². The lowest BCUT2D eigenvalue weighted by molar-refractivity contribution is -0.715. The predicted molar refractivity (Wildman–Crippen MR) is 108 cm³/mol. The van der Waals surface area contributed by atoms with Gasteiger partial charge in [-0.05, 0) is 30.3 Å². The van der Waals surface area contributed by atoms with Crippen molar-refractivity contribution in [2.45, 2.75) is 25.9 Å². The molecule has 2 heterocycles. The third kappa shape index (κ3) is 3.70. The molecule has 1 aliphatic heterocycles. The van der Waals surface area contributed by atoms with E-state index in [1.165, 1.54) is 10.6 Å². The maximum absolute atomic E-state index is 14.6. The fraction of sp³-hybridized carbons (Fsp3) is 0.182. The van der Waals surface area contributed by atoms with Gasteiger partial charge >= 0.3 is 5.97 Å². The average molecular weight is 442 g/mol. The number of hydrogen-bond acceptors (Lipinski definition) is 4. The number of nitrogens with zero attached hydrogens (tertiary/aromatic N) is 3. The highest BCUT2D eigenvalue weighted by Gasteiger charge is 2.34. The summed E-state index contributed by atoms with van der Waals surface area (Å²) < 4.78 is 17.7. The van der Waals surface area contributed by atoms with Crippen LogP contribution in [0.3, 0.4) is 0 Å². The molecule has 0 saturated heterocycles. The molecule has 0 fully saturated rings. The summed E-state index contributed by atoms with van der Waals surface area (Å²) in [7, 11) is 0. The highest BCUT2D eigenvalue weighted by molar-refractivity contribution is 6.31. The Bertz CT molecular complexity index is 1250. The summed E-state index contributed by atoms with van der Waals surface area (Å²) in [4.78, 5) is 27.4. The molecule has 0 spiro atoms. The van der Waals surface area contributed by atoms with Crippen molar-refractivity contribution in [1.82, 2.24) is 4.57 Å². The Balaban J connectivity index is 1.94. The third-order valence-electron chi connectivity index (χ3n) is 5.24. The van der Waals surface area contributed by atoms with Crippen LogP contribution in [-0.2, 0) is 16.1 Å². The van der Waals surface area contributed by atoms with Crippen LogP contribution in [0.15, 0.2) is 53.7 Å². The van der Waals surface area contributed by atoms with Crippen LogP contribution < -0.4 is 9.67 Å². The van der Waals surface area contributed by atoms with Crippen LogP contribution in [0.2, 0.25) is 5.02 Å². The minimum Gasteiger partial charge on any atom is -0.550 e. The largest absolute Gasteiger partial charge is 0.550 e. The van der Waals surface area contributed by atoms with Gasteiger partial charge in [0.15, 0.2) is 5.69 Å². The van der Waals surface area contributed by atoms with Crippen LogP contribution in [-0.4, -0.2) is 27.3 Å². The molecule has 2 aromatic carbocycles. The van der Waals surface area contributed by atoms with Gasteiger partial charge in [-0.1, -0.05) is 23.7 Å². The Labute approximate surface area is 181 Å². The first-order valence-corrected chi connectivity index (χ1v) is 9.80. The number of carboxylic acids is 2. The predicted octanol–water partition coefficient (Wildman–Crippen LogP) is 1.98. The van der Waals surface area contributed by atoms with Gasteiger partial charge < -0.3 is 15.0 Å². The van der Waals surface area contributed by atoms with Crippen molar-refractivity contribution in [3.05, 3.63) is 82.1 Å². The van der Waals surface area contributed by atoms with Crippen molar-refractivity contribution in [1.29, 1.82) is 0 Å². The Morgan fingerprint density at radius 1 is 1.29 bits per heavy atom. The van der Waals surface area contributed by atoms with Gasteiger partial charge in [0.1, 0.15) is 24.2 Å². The Hall–Kier alpha value is -3.52. The second-order valence-corrected chi connectivity index (χ2v) is 7.58. The number of benzene rings is 2. The molecule has 4 rings (SSSR count). The first-order chi connectivity index (χ1) is 14.8. The SMILES string of the molecule is Cc1n2c(c[n+]1C(CC(=O)[O-])C(=O)O)CN=C(c1ccccc1F)c1cc(Cl)ccc1-2. The average Bonchev–Trinajstić information content (AvgIpc) is 2.94. The number of imidazole rings is 1. The van der Waals surface area contributed by atoms with Crippen molar-refractivity contribution in [3.63, 3.8) is 0 Å². The lowest BCUT2D eigenvalue weighted by Gasteiger charge is -2.13. The second kappa shape index (κ2) is 7.96. The van der Waals surface area contributed by atoms with E-state index in [1.807, 2.05) is 0 Å². The lowest BCUT2D eigenvalue weighted by Crippen LogP contribution is -2.48. The van der Waals surface area contributed by atoms with E-state index in [2.05, 4.69) is 4.99 Å². The zero-order valence-corrected chi connectivity index (χ0v) is 17.1. The van der Waals surface area contributed by atoms with Gasteiger partial charge in [0.05, 0.1) is 5.71 Å². The minimum atomic E-state index is -1.47. The summed E-state index contributed by atoms with van der Waals surface area (Å²) >= 11 is 6.23. The molecule has 31 heavy (non-hydrogen) atoms. The van der Waals surface area contributed by atoms with Crippen LogP contribution in [0.1, 0.15) is 35.1 Å². The van der Waals surface area contributed by atoms with Crippen molar-refractivity contribution in [2.24, 2.45) is 4.99 Å². The monoisotopic (exact) mass is 441 g/mol. The number of aromatic nitrogens is 2. The Kier molecular flexibility index (Phi) is 5.32. The maximum Gasteiger partial charge on any atom is 0.349 e. The molecule has 1 atom stereocenters. The number of carbonyl (C=O) groups excluding carboxylic acids is 1. The van der Waals surface area contributed by atoms with E-state index in [0.717, 1.165) is 0 Å². The molecule has 0 saturated carbocycles. The van der Waals surface area contributed by atoms with Gasteiger partial charge in [0.2, 0.25) is 6.04 Å². The second-order valence-electron chi connectivity index (χ2n) is 7.15. The lowest BCUT2D eigenvalue weighted by atomic mass is 10.00. The molecule has 0 radical (unpaired) electrons. The number of aliphatic carboxylic acids is 2. The van der Waals surface area contributed by atoms with Crippen molar-refractivity contribution in [2.75, 3.05) is 0 Å². The summed E-state index contributed by atoms with van der Waals surface area (Å²) in [6, 6.07) is 10.0. The molecule has 7 nitrogen and oxygen atoms in total. The highest BCUT2D eigenvalue weighted by atomic mass is 35.5. The van der Waals surface area contributed by atoms with Crippen LogP contribution in [0.5, 0.6) is 0 Å². The molecule has 1 N–H and O–H groups in total. The number of carbonyl (C=O) groups is 2. The summed E-state index contributed by atoms with van der Waals surface area (Å²) in [5, 5.41) is 21.1. The molecule has 1 aromatic heterocycles. The van der Waals surface area contributed by atoms with Gasteiger partial charge in [-0.3, -0.25) is 4.99 Å². The Morgan fingerprint density at radius 2 is 2.03 bits per heavy atom. The van der Waals surface area contributed by atoms with E-state index in [1.54, 1.807) is 54.1 Å². The fourth-order valence-corrected chi connectivity index (χ4v) is 4.05. The van der Waals surface area contributed by atoms with E-state index in [9.17, 15) is 24.2 Å². The topological polar surface area (TPSA) is 98.6 Å². The number of fused-ring (bicyclic) bond motifs is 3. The smallest absolute Gasteiger partial charge is 0.349 e. The van der Waals surface area contributed by atoms with E-state index in [0.29, 0.717) is 39.1 Å². The first-order valence-electron chi connectivity index (χ1n) is 9.42. The minimum absolute atomic E-state index is 0.126. The van der Waals surface area contributed by atoms with Gasteiger partial charge in [0, 0.05) is 35.5 Å². The molecule has 1 unspecified atom stereocenters. The fourth-order valence-electron chi connectivity index (χ4n) is 3.88. The normalized spacial score (nSPS) is 13.6. The van der Waals surface area contributed by atoms with E-state index in [4.69, 9.17) is 11.6 Å². The summed E-state index contributed by atoms with van der Waals surface area (Å²) in [6.07, 6.45) is 0.880. The molecule has 0 bridgehead atoms. The highest BCUT2D eigenvalue weighted by Crippen LogP contribution is 2.29. The molecule has 0 aliphatic carbocycles. The number of hydrogen-bond donors (Lipinski definition) is 1. The van der Waals surface area contributed by atoms with Crippen LogP contribution in [0, 0.1) is 12.7 Å². The zero-order valence-electron chi connectivity index (χ0n) is 16.4. The van der Waals surface area contributed by atoms with E-state index in [-0.39, 0.29) is 6.54 Å². The van der Waals surface area contributed by atoms with Gasteiger partial charge in [-0.2, -0.15) is 4.57 Å². The van der Waals surface area contributed by atoms with E-state index >= 15 is 0 Å². The molecule has 1 aliphatic rings. The maximum atomic E-state index is 14.6. The van der Waals surface area contributed by atoms with Gasteiger partial charge in [0.25, 0.3) is 5.82 Å². The summed E-state index contributed by atoms with van der Waals surface area (Å²) in [5.41, 5.74) is 2.58. The first kappa shape index (κ1) is 20.7. The standard InChI is InChI=1S/C22H17ClFN3O4/c1-12-26(19(22(30)31)9-20(28)29)11-14-10-25-21(15-4-2-3-5-17(15)24)16-8-13(23)6-7-18(16)27(12)14/h2-8,11,19H,9-10H2,1H3,(H-,28,29,30,31). The number of aliphatic imine (C=N–C) groups is 1. The zero-order chi connectivity index (χ0) is 22.3. The van der Waals surface area contributed by atoms with E-state index < -0.39 is 30.2 Å². The van der Waals surface area contributed by atoms with Crippen LogP contribution >= 0.6 is 11.6 Å². The summed E-state index contributed by atoms with van der Waals surface area (Å²) in [6.45, 7) is 1.81. The van der Waals surface area contributed by atoms with Crippen molar-refractivity contribution in [3.8, 4) is 5.69 Å².